The lowest BCUT2D eigenvalue weighted by molar-refractivity contribution is 0.388. The Hall–Kier alpha value is -1.63. The molecule has 1 fully saturated rings. The quantitative estimate of drug-likeness (QED) is 0.233. The Labute approximate surface area is 156 Å². The van der Waals surface area contributed by atoms with Crippen molar-refractivity contribution in [3.05, 3.63) is 59.9 Å². The largest absolute Gasteiger partial charge is 0.269 e. The van der Waals surface area contributed by atoms with E-state index in [1.165, 1.54) is 54.4 Å². The summed E-state index contributed by atoms with van der Waals surface area (Å²) in [4.78, 5) is 4.28. The van der Waals surface area contributed by atoms with Crippen LogP contribution in [0.2, 0.25) is 0 Å². The number of nitrogens with zero attached hydrogens (tertiary/aromatic N) is 1. The van der Waals surface area contributed by atoms with Crippen LogP contribution in [0.3, 0.4) is 0 Å². The fraction of sp³-hybridized carbons (Fsp3) is 0.542. The lowest BCUT2D eigenvalue weighted by Gasteiger charge is -2.27. The van der Waals surface area contributed by atoms with Crippen LogP contribution in [0.5, 0.6) is 0 Å². The highest BCUT2D eigenvalue weighted by Crippen LogP contribution is 2.35. The molecule has 1 aliphatic rings. The molecule has 25 heavy (non-hydrogen) atoms. The number of hydrogen-bond acceptors (Lipinski definition) is 1. The van der Waals surface area contributed by atoms with Crippen LogP contribution in [0, 0.1) is 11.8 Å². The molecule has 0 radical (unpaired) electrons. The van der Waals surface area contributed by atoms with E-state index in [9.17, 15) is 0 Å². The van der Waals surface area contributed by atoms with Gasteiger partial charge in [-0.3, -0.25) is 4.99 Å². The van der Waals surface area contributed by atoms with Gasteiger partial charge in [0.2, 0.25) is 0 Å². The van der Waals surface area contributed by atoms with E-state index >= 15 is 0 Å². The highest BCUT2D eigenvalue weighted by molar-refractivity contribution is 5.54. The first-order chi connectivity index (χ1) is 12.0. The molecule has 0 saturated heterocycles. The van der Waals surface area contributed by atoms with E-state index in [2.05, 4.69) is 45.0 Å². The van der Waals surface area contributed by atoms with E-state index in [4.69, 9.17) is 0 Å². The third-order valence-electron chi connectivity index (χ3n) is 5.25. The molecule has 0 spiro atoms. The summed E-state index contributed by atoms with van der Waals surface area (Å²) in [6, 6.07) is 0. The molecule has 0 aliphatic heterocycles. The highest BCUT2D eigenvalue weighted by Gasteiger charge is 2.20. The Balaban J connectivity index is 2.91. The second-order valence-electron chi connectivity index (χ2n) is 7.46. The monoisotopic (exact) mass is 339 g/mol. The summed E-state index contributed by atoms with van der Waals surface area (Å²) in [6.45, 7) is 16.9. The van der Waals surface area contributed by atoms with Gasteiger partial charge in [0.25, 0.3) is 0 Å². The SMILES string of the molecule is C=C/C=C\C(C)=C(/C/C(C)=C/N=C\C)C(C)CC(=C)C1CCCCC1. The lowest BCUT2D eigenvalue weighted by atomic mass is 9.78. The van der Waals surface area contributed by atoms with Crippen LogP contribution in [0.25, 0.3) is 0 Å². The molecule has 0 amide bonds. The second-order valence-corrected chi connectivity index (χ2v) is 7.46. The maximum Gasteiger partial charge on any atom is 0.0256 e. The van der Waals surface area contributed by atoms with E-state index in [0.717, 1.165) is 18.8 Å². The number of hydrogen-bond donors (Lipinski definition) is 0. The maximum atomic E-state index is 4.46. The Bertz CT molecular complexity index is 551. The molecule has 0 bridgehead atoms. The summed E-state index contributed by atoms with van der Waals surface area (Å²) >= 11 is 0. The smallest absolute Gasteiger partial charge is 0.0256 e. The molecule has 1 nitrogen and oxygen atoms in total. The van der Waals surface area contributed by atoms with Gasteiger partial charge in [-0.25, -0.2) is 0 Å². The van der Waals surface area contributed by atoms with Crippen LogP contribution >= 0.6 is 0 Å². The molecule has 1 atom stereocenters. The minimum absolute atomic E-state index is 0.512. The van der Waals surface area contributed by atoms with Gasteiger partial charge >= 0.3 is 0 Å². The Morgan fingerprint density at radius 1 is 1.20 bits per heavy atom. The van der Waals surface area contributed by atoms with Crippen LogP contribution in [0.15, 0.2) is 64.9 Å². The zero-order chi connectivity index (χ0) is 18.7. The standard InChI is InChI=1S/C24H37N/c1-7-9-13-20(4)24(16-19(3)18-25-8-2)22(6)17-21(5)23-14-11-10-12-15-23/h7-9,13,18,22-23H,1,5,10-12,14-17H2,2-4,6H3/b13-9-,19-18+,24-20+,25-8-. The van der Waals surface area contributed by atoms with Crippen molar-refractivity contribution in [2.24, 2.45) is 16.8 Å². The van der Waals surface area contributed by atoms with Crippen LogP contribution in [-0.4, -0.2) is 6.21 Å². The van der Waals surface area contributed by atoms with Gasteiger partial charge in [0.15, 0.2) is 0 Å². The second kappa shape index (κ2) is 11.8. The van der Waals surface area contributed by atoms with E-state index in [1.54, 1.807) is 0 Å². The topological polar surface area (TPSA) is 12.4 Å². The predicted octanol–water partition coefficient (Wildman–Crippen LogP) is 7.59. The molecule has 0 aromatic heterocycles. The molecule has 0 aromatic rings. The lowest BCUT2D eigenvalue weighted by Crippen LogP contribution is -2.12. The summed E-state index contributed by atoms with van der Waals surface area (Å²) in [6.07, 6.45) is 18.8. The van der Waals surface area contributed by atoms with Crippen molar-refractivity contribution in [1.29, 1.82) is 0 Å². The molecule has 1 heteroatoms. The minimum Gasteiger partial charge on any atom is -0.269 e. The van der Waals surface area contributed by atoms with Crippen molar-refractivity contribution in [3.63, 3.8) is 0 Å². The summed E-state index contributed by atoms with van der Waals surface area (Å²) in [7, 11) is 0. The van der Waals surface area contributed by atoms with Crippen molar-refractivity contribution in [2.45, 2.75) is 72.6 Å². The summed E-state index contributed by atoms with van der Waals surface area (Å²) in [5.74, 6) is 1.25. The van der Waals surface area contributed by atoms with E-state index < -0.39 is 0 Å². The zero-order valence-electron chi connectivity index (χ0n) is 16.9. The van der Waals surface area contributed by atoms with Crippen LogP contribution in [-0.2, 0) is 0 Å². The molecule has 1 saturated carbocycles. The molecule has 138 valence electrons. The zero-order valence-corrected chi connectivity index (χ0v) is 16.9. The average Bonchev–Trinajstić information content (AvgIpc) is 2.62. The Morgan fingerprint density at radius 2 is 1.88 bits per heavy atom. The van der Waals surface area contributed by atoms with Gasteiger partial charge in [0, 0.05) is 12.4 Å². The molecule has 1 aliphatic carbocycles. The van der Waals surface area contributed by atoms with Crippen molar-refractivity contribution in [2.75, 3.05) is 0 Å². The fourth-order valence-electron chi connectivity index (χ4n) is 3.76. The van der Waals surface area contributed by atoms with Gasteiger partial charge < -0.3 is 0 Å². The first-order valence-electron chi connectivity index (χ1n) is 9.79. The molecular weight excluding hydrogens is 302 g/mol. The third-order valence-corrected chi connectivity index (χ3v) is 5.25. The van der Waals surface area contributed by atoms with Crippen molar-refractivity contribution < 1.29 is 0 Å². The van der Waals surface area contributed by atoms with Gasteiger partial charge in [-0.15, -0.1) is 0 Å². The van der Waals surface area contributed by atoms with E-state index in [0.29, 0.717) is 5.92 Å². The van der Waals surface area contributed by atoms with Gasteiger partial charge in [-0.05, 0) is 58.3 Å². The van der Waals surface area contributed by atoms with Gasteiger partial charge in [-0.1, -0.05) is 79.9 Å². The minimum atomic E-state index is 0.512. The molecule has 1 rings (SSSR count). The summed E-state index contributed by atoms with van der Waals surface area (Å²) in [5.41, 5.74) is 5.60. The molecule has 0 heterocycles. The Morgan fingerprint density at radius 3 is 2.48 bits per heavy atom. The van der Waals surface area contributed by atoms with E-state index in [1.807, 2.05) is 31.5 Å². The van der Waals surface area contributed by atoms with Crippen molar-refractivity contribution in [3.8, 4) is 0 Å². The van der Waals surface area contributed by atoms with Gasteiger partial charge in [0.05, 0.1) is 0 Å². The number of rotatable bonds is 9. The van der Waals surface area contributed by atoms with Crippen molar-refractivity contribution in [1.82, 2.24) is 0 Å². The Kier molecular flexibility index (Phi) is 10.1. The van der Waals surface area contributed by atoms with Gasteiger partial charge in [0.1, 0.15) is 0 Å². The first-order valence-corrected chi connectivity index (χ1v) is 9.79. The van der Waals surface area contributed by atoms with Crippen LogP contribution < -0.4 is 0 Å². The summed E-state index contributed by atoms with van der Waals surface area (Å²) in [5, 5.41) is 0. The predicted molar refractivity (Wildman–Crippen MR) is 114 cm³/mol. The van der Waals surface area contributed by atoms with E-state index in [-0.39, 0.29) is 0 Å². The third kappa shape index (κ3) is 7.86. The van der Waals surface area contributed by atoms with Gasteiger partial charge in [-0.2, -0.15) is 0 Å². The first kappa shape index (κ1) is 21.4. The number of allylic oxidation sites excluding steroid dienone is 7. The molecular formula is C24H37N. The number of aliphatic imine (C=N–C) groups is 1. The highest BCUT2D eigenvalue weighted by atomic mass is 14.7. The molecule has 0 N–H and O–H groups in total. The van der Waals surface area contributed by atoms with Crippen LogP contribution in [0.1, 0.15) is 72.6 Å². The normalized spacial score (nSPS) is 19.3. The molecule has 0 aromatic carbocycles. The average molecular weight is 340 g/mol. The van der Waals surface area contributed by atoms with Crippen LogP contribution in [0.4, 0.5) is 0 Å². The fourth-order valence-corrected chi connectivity index (χ4v) is 3.76. The maximum absolute atomic E-state index is 4.46. The summed E-state index contributed by atoms with van der Waals surface area (Å²) < 4.78 is 0. The van der Waals surface area contributed by atoms with Crippen molar-refractivity contribution >= 4 is 6.21 Å². The molecule has 1 unspecified atom stereocenters.